The van der Waals surface area contributed by atoms with Crippen molar-refractivity contribution < 1.29 is 9.47 Å². The van der Waals surface area contributed by atoms with Crippen LogP contribution in [0.3, 0.4) is 0 Å². The molecule has 0 saturated heterocycles. The molecular formula is C14H31NO2. The summed E-state index contributed by atoms with van der Waals surface area (Å²) in [6, 6.07) is 0. The molecule has 0 aliphatic carbocycles. The largest absolute Gasteiger partial charge is 0.378 e. The van der Waals surface area contributed by atoms with Crippen LogP contribution in [-0.4, -0.2) is 38.0 Å². The first kappa shape index (κ1) is 16.9. The van der Waals surface area contributed by atoms with Gasteiger partial charge in [0.2, 0.25) is 0 Å². The van der Waals surface area contributed by atoms with Crippen molar-refractivity contribution in [1.29, 1.82) is 0 Å². The minimum Gasteiger partial charge on any atom is -0.378 e. The van der Waals surface area contributed by atoms with Gasteiger partial charge in [0.1, 0.15) is 0 Å². The molecule has 0 spiro atoms. The van der Waals surface area contributed by atoms with Gasteiger partial charge in [-0.05, 0) is 34.6 Å². The van der Waals surface area contributed by atoms with Gasteiger partial charge in [0.25, 0.3) is 0 Å². The lowest BCUT2D eigenvalue weighted by Gasteiger charge is -2.30. The molecule has 3 nitrogen and oxygen atoms in total. The molecule has 0 aliphatic heterocycles. The van der Waals surface area contributed by atoms with Gasteiger partial charge in [0, 0.05) is 17.5 Å². The maximum atomic E-state index is 5.65. The summed E-state index contributed by atoms with van der Waals surface area (Å²) in [4.78, 5) is 0. The maximum Gasteiger partial charge on any atom is 0.0703 e. The molecule has 0 unspecified atom stereocenters. The third kappa shape index (κ3) is 12.1. The molecule has 17 heavy (non-hydrogen) atoms. The monoisotopic (exact) mass is 245 g/mol. The lowest BCUT2D eigenvalue weighted by molar-refractivity contribution is -0.00417. The molecule has 0 fully saturated rings. The quantitative estimate of drug-likeness (QED) is 0.667. The lowest BCUT2D eigenvalue weighted by Crippen LogP contribution is -2.43. The van der Waals surface area contributed by atoms with Gasteiger partial charge < -0.3 is 14.8 Å². The van der Waals surface area contributed by atoms with Crippen molar-refractivity contribution in [2.45, 2.75) is 60.1 Å². The summed E-state index contributed by atoms with van der Waals surface area (Å²) < 4.78 is 11.1. The van der Waals surface area contributed by atoms with E-state index >= 15 is 0 Å². The highest BCUT2D eigenvalue weighted by atomic mass is 16.5. The van der Waals surface area contributed by atoms with Gasteiger partial charge in [-0.15, -0.1) is 0 Å². The highest BCUT2D eigenvalue weighted by molar-refractivity contribution is 4.77. The first-order valence-electron chi connectivity index (χ1n) is 6.57. The Hall–Kier alpha value is -0.120. The van der Waals surface area contributed by atoms with Crippen LogP contribution in [0.2, 0.25) is 0 Å². The van der Waals surface area contributed by atoms with Crippen molar-refractivity contribution >= 4 is 0 Å². The van der Waals surface area contributed by atoms with Crippen molar-refractivity contribution in [2.75, 3.05) is 26.4 Å². The van der Waals surface area contributed by atoms with E-state index in [0.717, 1.165) is 13.2 Å². The van der Waals surface area contributed by atoms with Crippen LogP contribution in [-0.2, 0) is 9.47 Å². The van der Waals surface area contributed by atoms with E-state index in [-0.39, 0.29) is 17.1 Å². The SMILES string of the molecule is CC(C)OCCOCC(C)(C)CNC(C)(C)C. The first-order chi connectivity index (χ1) is 7.62. The summed E-state index contributed by atoms with van der Waals surface area (Å²) >= 11 is 0. The molecule has 3 heteroatoms. The van der Waals surface area contributed by atoms with Crippen LogP contribution in [0.25, 0.3) is 0 Å². The first-order valence-corrected chi connectivity index (χ1v) is 6.57. The van der Waals surface area contributed by atoms with Gasteiger partial charge in [-0.3, -0.25) is 0 Å². The van der Waals surface area contributed by atoms with E-state index in [4.69, 9.17) is 9.47 Å². The maximum absolute atomic E-state index is 5.65. The molecular weight excluding hydrogens is 214 g/mol. The van der Waals surface area contributed by atoms with Crippen LogP contribution in [0.5, 0.6) is 0 Å². The van der Waals surface area contributed by atoms with E-state index < -0.39 is 0 Å². The molecule has 0 aromatic heterocycles. The number of rotatable bonds is 8. The normalized spacial score (nSPS) is 13.4. The van der Waals surface area contributed by atoms with Crippen molar-refractivity contribution in [3.63, 3.8) is 0 Å². The zero-order valence-electron chi connectivity index (χ0n) is 12.7. The lowest BCUT2D eigenvalue weighted by atomic mass is 9.93. The van der Waals surface area contributed by atoms with Crippen molar-refractivity contribution in [1.82, 2.24) is 5.32 Å². The molecule has 104 valence electrons. The van der Waals surface area contributed by atoms with Crippen LogP contribution >= 0.6 is 0 Å². The van der Waals surface area contributed by atoms with Crippen molar-refractivity contribution in [2.24, 2.45) is 5.41 Å². The summed E-state index contributed by atoms with van der Waals surface area (Å²) in [6.07, 6.45) is 0.286. The summed E-state index contributed by atoms with van der Waals surface area (Å²) in [7, 11) is 0. The molecule has 0 rings (SSSR count). The Morgan fingerprint density at radius 3 is 2.06 bits per heavy atom. The highest BCUT2D eigenvalue weighted by Gasteiger charge is 2.21. The molecule has 0 aliphatic rings. The number of nitrogens with one attached hydrogen (secondary N) is 1. The minimum atomic E-state index is 0.158. The van der Waals surface area contributed by atoms with Gasteiger partial charge in [-0.2, -0.15) is 0 Å². The van der Waals surface area contributed by atoms with E-state index in [9.17, 15) is 0 Å². The van der Waals surface area contributed by atoms with Gasteiger partial charge in [-0.25, -0.2) is 0 Å². The Bertz CT molecular complexity index is 195. The van der Waals surface area contributed by atoms with Gasteiger partial charge in [0.05, 0.1) is 25.9 Å². The van der Waals surface area contributed by atoms with E-state index in [1.165, 1.54) is 0 Å². The molecule has 0 bridgehead atoms. The minimum absolute atomic E-state index is 0.158. The molecule has 0 amide bonds. The Morgan fingerprint density at radius 1 is 1.00 bits per heavy atom. The third-order valence-corrected chi connectivity index (χ3v) is 2.27. The van der Waals surface area contributed by atoms with E-state index in [2.05, 4.69) is 39.9 Å². The number of hydrogen-bond donors (Lipinski definition) is 1. The Morgan fingerprint density at radius 2 is 1.59 bits per heavy atom. The fourth-order valence-electron chi connectivity index (χ4n) is 1.25. The average molecular weight is 245 g/mol. The topological polar surface area (TPSA) is 30.5 Å². The zero-order chi connectivity index (χ0) is 13.5. The zero-order valence-corrected chi connectivity index (χ0v) is 12.7. The third-order valence-electron chi connectivity index (χ3n) is 2.27. The summed E-state index contributed by atoms with van der Waals surface area (Å²) in [5.74, 6) is 0. The molecule has 0 heterocycles. The molecule has 0 aromatic rings. The fourth-order valence-corrected chi connectivity index (χ4v) is 1.25. The molecule has 0 radical (unpaired) electrons. The van der Waals surface area contributed by atoms with Gasteiger partial charge >= 0.3 is 0 Å². The van der Waals surface area contributed by atoms with Crippen LogP contribution in [0.1, 0.15) is 48.5 Å². The summed E-state index contributed by atoms with van der Waals surface area (Å²) in [5, 5.41) is 3.51. The van der Waals surface area contributed by atoms with Gasteiger partial charge in [0.15, 0.2) is 0 Å². The Balaban J connectivity index is 3.64. The van der Waals surface area contributed by atoms with Crippen LogP contribution in [0, 0.1) is 5.41 Å². The second-order valence-electron chi connectivity index (χ2n) is 6.74. The second-order valence-corrected chi connectivity index (χ2v) is 6.74. The molecule has 0 atom stereocenters. The smallest absolute Gasteiger partial charge is 0.0703 e. The standard InChI is InChI=1S/C14H31NO2/c1-12(2)17-9-8-16-11-14(6,7)10-15-13(3,4)5/h12,15H,8-11H2,1-7H3. The molecule has 0 saturated carbocycles. The highest BCUT2D eigenvalue weighted by Crippen LogP contribution is 2.15. The van der Waals surface area contributed by atoms with Crippen LogP contribution in [0.15, 0.2) is 0 Å². The van der Waals surface area contributed by atoms with Crippen LogP contribution in [0.4, 0.5) is 0 Å². The Labute approximate surface area is 107 Å². The average Bonchev–Trinajstić information content (AvgIpc) is 2.13. The van der Waals surface area contributed by atoms with Crippen molar-refractivity contribution in [3.05, 3.63) is 0 Å². The predicted molar refractivity (Wildman–Crippen MR) is 73.4 cm³/mol. The number of hydrogen-bond acceptors (Lipinski definition) is 3. The summed E-state index contributed by atoms with van der Waals surface area (Å²) in [5.41, 5.74) is 0.323. The second kappa shape index (κ2) is 7.34. The molecule has 1 N–H and O–H groups in total. The molecule has 0 aromatic carbocycles. The summed E-state index contributed by atoms with van der Waals surface area (Å²) in [6.45, 7) is 18.1. The van der Waals surface area contributed by atoms with E-state index in [1.54, 1.807) is 0 Å². The van der Waals surface area contributed by atoms with E-state index in [1.807, 2.05) is 13.8 Å². The van der Waals surface area contributed by atoms with E-state index in [0.29, 0.717) is 13.2 Å². The van der Waals surface area contributed by atoms with Gasteiger partial charge in [-0.1, -0.05) is 13.8 Å². The Kier molecular flexibility index (Phi) is 7.29. The van der Waals surface area contributed by atoms with Crippen LogP contribution < -0.4 is 5.32 Å². The number of ether oxygens (including phenoxy) is 2. The van der Waals surface area contributed by atoms with Crippen molar-refractivity contribution in [3.8, 4) is 0 Å². The fraction of sp³-hybridized carbons (Fsp3) is 1.00. The predicted octanol–water partition coefficient (Wildman–Crippen LogP) is 2.84.